The Morgan fingerprint density at radius 3 is 3.00 bits per heavy atom. The predicted molar refractivity (Wildman–Crippen MR) is 49.2 cm³/mol. The quantitative estimate of drug-likeness (QED) is 0.512. The number of hydrogen-bond donors (Lipinski definition) is 1. The van der Waals surface area contributed by atoms with Gasteiger partial charge in [-0.05, 0) is 12.8 Å². The number of aliphatic hydroxyl groups is 1. The molecule has 2 unspecified atom stereocenters. The SMILES string of the molecule is C#CCCCC(O)C1COCCO1. The third-order valence-electron chi connectivity index (χ3n) is 2.09. The number of aliphatic hydroxyl groups excluding tert-OH is 1. The van der Waals surface area contributed by atoms with E-state index in [4.69, 9.17) is 15.9 Å². The van der Waals surface area contributed by atoms with Gasteiger partial charge in [0.05, 0.1) is 25.9 Å². The first-order valence-electron chi connectivity index (χ1n) is 4.65. The zero-order valence-corrected chi connectivity index (χ0v) is 7.74. The highest BCUT2D eigenvalue weighted by Gasteiger charge is 2.22. The first-order valence-corrected chi connectivity index (χ1v) is 4.65. The van der Waals surface area contributed by atoms with Crippen LogP contribution < -0.4 is 0 Å². The van der Waals surface area contributed by atoms with Gasteiger partial charge in [-0.2, -0.15) is 0 Å². The predicted octanol–water partition coefficient (Wildman–Crippen LogP) is 0.566. The summed E-state index contributed by atoms with van der Waals surface area (Å²) < 4.78 is 10.5. The van der Waals surface area contributed by atoms with Gasteiger partial charge in [0.1, 0.15) is 6.10 Å². The Balaban J connectivity index is 2.14. The van der Waals surface area contributed by atoms with Crippen LogP contribution in [0, 0.1) is 12.3 Å². The van der Waals surface area contributed by atoms with Crippen molar-refractivity contribution >= 4 is 0 Å². The molecule has 0 aromatic rings. The van der Waals surface area contributed by atoms with E-state index < -0.39 is 6.10 Å². The van der Waals surface area contributed by atoms with Crippen molar-refractivity contribution in [3.63, 3.8) is 0 Å². The lowest BCUT2D eigenvalue weighted by molar-refractivity contribution is -0.133. The lowest BCUT2D eigenvalue weighted by Gasteiger charge is -2.26. The van der Waals surface area contributed by atoms with E-state index in [0.29, 0.717) is 32.7 Å². The van der Waals surface area contributed by atoms with E-state index in [1.165, 1.54) is 0 Å². The van der Waals surface area contributed by atoms with Crippen molar-refractivity contribution in [1.29, 1.82) is 0 Å². The van der Waals surface area contributed by atoms with Crippen LogP contribution in [0.25, 0.3) is 0 Å². The van der Waals surface area contributed by atoms with Gasteiger partial charge in [0.15, 0.2) is 0 Å². The Hall–Kier alpha value is -0.560. The molecule has 3 heteroatoms. The Kier molecular flexibility index (Phi) is 4.84. The zero-order chi connectivity index (χ0) is 9.52. The minimum absolute atomic E-state index is 0.161. The second-order valence-corrected chi connectivity index (χ2v) is 3.15. The molecule has 0 aromatic carbocycles. The highest BCUT2D eigenvalue weighted by atomic mass is 16.6. The van der Waals surface area contributed by atoms with Crippen LogP contribution in [0.15, 0.2) is 0 Å². The van der Waals surface area contributed by atoms with Crippen molar-refractivity contribution in [2.45, 2.75) is 31.5 Å². The molecule has 1 N–H and O–H groups in total. The van der Waals surface area contributed by atoms with Gasteiger partial charge in [0, 0.05) is 6.42 Å². The molecule has 0 radical (unpaired) electrons. The van der Waals surface area contributed by atoms with Gasteiger partial charge in [-0.3, -0.25) is 0 Å². The first-order chi connectivity index (χ1) is 6.34. The van der Waals surface area contributed by atoms with E-state index in [9.17, 15) is 5.11 Å². The molecule has 3 nitrogen and oxygen atoms in total. The maximum absolute atomic E-state index is 9.63. The molecule has 2 atom stereocenters. The van der Waals surface area contributed by atoms with Crippen LogP contribution in [0.4, 0.5) is 0 Å². The fraction of sp³-hybridized carbons (Fsp3) is 0.800. The third-order valence-corrected chi connectivity index (χ3v) is 2.09. The van der Waals surface area contributed by atoms with E-state index in [1.54, 1.807) is 0 Å². The van der Waals surface area contributed by atoms with Gasteiger partial charge < -0.3 is 14.6 Å². The number of terminal acetylenes is 1. The van der Waals surface area contributed by atoms with Crippen LogP contribution in [-0.4, -0.2) is 37.1 Å². The summed E-state index contributed by atoms with van der Waals surface area (Å²) in [5, 5.41) is 9.63. The van der Waals surface area contributed by atoms with Crippen LogP contribution >= 0.6 is 0 Å². The van der Waals surface area contributed by atoms with E-state index in [2.05, 4.69) is 5.92 Å². The van der Waals surface area contributed by atoms with Crippen molar-refractivity contribution in [1.82, 2.24) is 0 Å². The molecule has 74 valence electrons. The molecule has 1 heterocycles. The summed E-state index contributed by atoms with van der Waals surface area (Å²) >= 11 is 0. The maximum Gasteiger partial charge on any atom is 0.107 e. The molecule has 1 rings (SSSR count). The second-order valence-electron chi connectivity index (χ2n) is 3.15. The van der Waals surface area contributed by atoms with Gasteiger partial charge >= 0.3 is 0 Å². The van der Waals surface area contributed by atoms with E-state index in [1.807, 2.05) is 0 Å². The maximum atomic E-state index is 9.63. The average molecular weight is 184 g/mol. The molecular weight excluding hydrogens is 168 g/mol. The summed E-state index contributed by atoms with van der Waals surface area (Å²) in [5.41, 5.74) is 0. The Bertz CT molecular complexity index is 167. The molecule has 1 aliphatic heterocycles. The number of unbranched alkanes of at least 4 members (excludes halogenated alkanes) is 1. The molecule has 1 saturated heterocycles. The van der Waals surface area contributed by atoms with Gasteiger partial charge in [0.2, 0.25) is 0 Å². The largest absolute Gasteiger partial charge is 0.390 e. The van der Waals surface area contributed by atoms with Gasteiger partial charge in [-0.15, -0.1) is 12.3 Å². The minimum Gasteiger partial charge on any atom is -0.390 e. The zero-order valence-electron chi connectivity index (χ0n) is 7.74. The molecule has 0 amide bonds. The summed E-state index contributed by atoms with van der Waals surface area (Å²) in [6.07, 6.45) is 6.76. The third kappa shape index (κ3) is 3.77. The summed E-state index contributed by atoms with van der Waals surface area (Å²) in [6.45, 7) is 1.71. The number of ether oxygens (including phenoxy) is 2. The fourth-order valence-corrected chi connectivity index (χ4v) is 1.33. The molecule has 0 saturated carbocycles. The summed E-state index contributed by atoms with van der Waals surface area (Å²) in [7, 11) is 0. The van der Waals surface area contributed by atoms with Crippen LogP contribution in [0.3, 0.4) is 0 Å². The lowest BCUT2D eigenvalue weighted by Crippen LogP contribution is -2.38. The van der Waals surface area contributed by atoms with Crippen molar-refractivity contribution in [2.75, 3.05) is 19.8 Å². The standard InChI is InChI=1S/C10H16O3/c1-2-3-4-5-9(11)10-8-12-6-7-13-10/h1,9-11H,3-8H2. The first kappa shape index (κ1) is 10.5. The van der Waals surface area contributed by atoms with Gasteiger partial charge in [-0.1, -0.05) is 0 Å². The summed E-state index contributed by atoms with van der Waals surface area (Å²) in [5.74, 6) is 2.54. The van der Waals surface area contributed by atoms with Crippen LogP contribution in [0.1, 0.15) is 19.3 Å². The van der Waals surface area contributed by atoms with Crippen LogP contribution in [-0.2, 0) is 9.47 Å². The molecule has 13 heavy (non-hydrogen) atoms. The smallest absolute Gasteiger partial charge is 0.107 e. The van der Waals surface area contributed by atoms with Crippen molar-refractivity contribution in [2.24, 2.45) is 0 Å². The monoisotopic (exact) mass is 184 g/mol. The number of hydrogen-bond acceptors (Lipinski definition) is 3. The Morgan fingerprint density at radius 2 is 2.38 bits per heavy atom. The van der Waals surface area contributed by atoms with Crippen molar-refractivity contribution in [3.05, 3.63) is 0 Å². The lowest BCUT2D eigenvalue weighted by atomic mass is 10.1. The number of rotatable bonds is 4. The van der Waals surface area contributed by atoms with Gasteiger partial charge in [0.25, 0.3) is 0 Å². The molecule has 0 spiro atoms. The minimum atomic E-state index is -0.436. The van der Waals surface area contributed by atoms with E-state index in [-0.39, 0.29) is 6.10 Å². The Morgan fingerprint density at radius 1 is 1.54 bits per heavy atom. The molecule has 0 aliphatic carbocycles. The summed E-state index contributed by atoms with van der Waals surface area (Å²) in [6, 6.07) is 0. The molecule has 1 aliphatic rings. The molecule has 1 fully saturated rings. The summed E-state index contributed by atoms with van der Waals surface area (Å²) in [4.78, 5) is 0. The van der Waals surface area contributed by atoms with Gasteiger partial charge in [-0.25, -0.2) is 0 Å². The van der Waals surface area contributed by atoms with Crippen LogP contribution in [0.5, 0.6) is 0 Å². The van der Waals surface area contributed by atoms with Crippen molar-refractivity contribution in [3.8, 4) is 12.3 Å². The fourth-order valence-electron chi connectivity index (χ4n) is 1.33. The average Bonchev–Trinajstić information content (AvgIpc) is 2.19. The topological polar surface area (TPSA) is 38.7 Å². The Labute approximate surface area is 79.0 Å². The van der Waals surface area contributed by atoms with E-state index in [0.717, 1.165) is 6.42 Å². The normalized spacial score (nSPS) is 25.1. The molecule has 0 bridgehead atoms. The highest BCUT2D eigenvalue weighted by molar-refractivity contribution is 4.84. The molecule has 0 aromatic heterocycles. The second kappa shape index (κ2) is 5.98. The highest BCUT2D eigenvalue weighted by Crippen LogP contribution is 2.11. The van der Waals surface area contributed by atoms with Crippen molar-refractivity contribution < 1.29 is 14.6 Å². The molecular formula is C10H16O3. The van der Waals surface area contributed by atoms with Crippen LogP contribution in [0.2, 0.25) is 0 Å². The van der Waals surface area contributed by atoms with E-state index >= 15 is 0 Å².